The zero-order chi connectivity index (χ0) is 33.4. The van der Waals surface area contributed by atoms with Crippen LogP contribution >= 0.6 is 0 Å². The highest BCUT2D eigenvalue weighted by Gasteiger charge is 2.38. The molecule has 1 aliphatic rings. The van der Waals surface area contributed by atoms with Crippen LogP contribution in [0.4, 0.5) is 0 Å². The highest BCUT2D eigenvalue weighted by atomic mass is 16.3. The molecule has 4 nitrogen and oxygen atoms in total. The molecule has 9 aromatic rings. The third-order valence-electron chi connectivity index (χ3n) is 10.3. The van der Waals surface area contributed by atoms with Gasteiger partial charge in [-0.15, -0.1) is 0 Å². The van der Waals surface area contributed by atoms with Gasteiger partial charge in [0.2, 0.25) is 0 Å². The topological polar surface area (TPSA) is 51.8 Å². The van der Waals surface area contributed by atoms with Crippen molar-refractivity contribution in [3.8, 4) is 56.4 Å². The molecule has 0 amide bonds. The van der Waals surface area contributed by atoms with Crippen molar-refractivity contribution in [1.82, 2.24) is 15.0 Å². The number of hydrogen-bond donors (Lipinski definition) is 0. The minimum absolute atomic E-state index is 0.220. The molecule has 0 atom stereocenters. The predicted octanol–water partition coefficient (Wildman–Crippen LogP) is 11.9. The van der Waals surface area contributed by atoms with E-state index < -0.39 is 0 Å². The van der Waals surface area contributed by atoms with Crippen molar-refractivity contribution >= 4 is 32.7 Å². The van der Waals surface area contributed by atoms with E-state index in [2.05, 4.69) is 153 Å². The lowest BCUT2D eigenvalue weighted by Gasteiger charge is -2.24. The summed E-state index contributed by atoms with van der Waals surface area (Å²) in [5, 5.41) is 4.49. The van der Waals surface area contributed by atoms with Gasteiger partial charge in [0.05, 0.1) is 0 Å². The van der Waals surface area contributed by atoms with Crippen LogP contribution in [0.2, 0.25) is 0 Å². The van der Waals surface area contributed by atoms with E-state index in [-0.39, 0.29) is 5.41 Å². The minimum Gasteiger partial charge on any atom is -0.456 e. The standard InChI is InChI=1S/C46H31N3O/c1-46(2)38-20-9-8-16-34(38)35-18-10-19-37(42(35)46)45-48-43(31-23-22-28-12-6-7-15-30(28)26-31)47-44(49-45)32-24-25-36-40(27-32)50-39-21-11-17-33(41(36)39)29-13-4-3-5-14-29/h3-27H,1-2H3. The molecule has 0 radical (unpaired) electrons. The summed E-state index contributed by atoms with van der Waals surface area (Å²) >= 11 is 0. The molecule has 0 unspecified atom stereocenters. The van der Waals surface area contributed by atoms with Crippen molar-refractivity contribution in [2.75, 3.05) is 0 Å². The zero-order valence-electron chi connectivity index (χ0n) is 27.7. The third-order valence-corrected chi connectivity index (χ3v) is 10.3. The second-order valence-electron chi connectivity index (χ2n) is 13.6. The summed E-state index contributed by atoms with van der Waals surface area (Å²) < 4.78 is 6.51. The Morgan fingerprint density at radius 1 is 0.440 bits per heavy atom. The Bertz CT molecular complexity index is 2790. The molecular formula is C46H31N3O. The van der Waals surface area contributed by atoms with Crippen molar-refractivity contribution in [2.24, 2.45) is 0 Å². The van der Waals surface area contributed by atoms with E-state index >= 15 is 0 Å². The lowest BCUT2D eigenvalue weighted by atomic mass is 9.80. The molecule has 0 N–H and O–H groups in total. The molecule has 10 rings (SSSR count). The van der Waals surface area contributed by atoms with Crippen molar-refractivity contribution in [2.45, 2.75) is 19.3 Å². The largest absolute Gasteiger partial charge is 0.456 e. The van der Waals surface area contributed by atoms with Crippen LogP contribution in [0.1, 0.15) is 25.0 Å². The average Bonchev–Trinajstić information content (AvgIpc) is 3.66. The van der Waals surface area contributed by atoms with Gasteiger partial charge < -0.3 is 4.42 Å². The molecule has 0 aliphatic heterocycles. The molecule has 1 aliphatic carbocycles. The van der Waals surface area contributed by atoms with Gasteiger partial charge in [-0.2, -0.15) is 0 Å². The van der Waals surface area contributed by atoms with E-state index in [9.17, 15) is 0 Å². The number of aromatic nitrogens is 3. The summed E-state index contributed by atoms with van der Waals surface area (Å²) in [6.45, 7) is 4.60. The Labute approximate surface area is 289 Å². The van der Waals surface area contributed by atoms with E-state index in [1.54, 1.807) is 0 Å². The number of fused-ring (bicyclic) bond motifs is 7. The molecule has 0 saturated carbocycles. The first-order valence-electron chi connectivity index (χ1n) is 17.0. The van der Waals surface area contributed by atoms with Gasteiger partial charge in [-0.25, -0.2) is 15.0 Å². The summed E-state index contributed by atoms with van der Waals surface area (Å²) in [7, 11) is 0. The fourth-order valence-corrected chi connectivity index (χ4v) is 7.94. The monoisotopic (exact) mass is 641 g/mol. The number of hydrogen-bond acceptors (Lipinski definition) is 4. The Balaban J connectivity index is 1.19. The molecule has 2 heterocycles. The van der Waals surface area contributed by atoms with Gasteiger partial charge >= 0.3 is 0 Å². The molecule has 50 heavy (non-hydrogen) atoms. The second-order valence-corrected chi connectivity index (χ2v) is 13.6. The van der Waals surface area contributed by atoms with Gasteiger partial charge in [0.1, 0.15) is 11.2 Å². The maximum atomic E-state index is 6.51. The molecule has 0 bridgehead atoms. The van der Waals surface area contributed by atoms with Crippen LogP contribution in [0.5, 0.6) is 0 Å². The van der Waals surface area contributed by atoms with Crippen molar-refractivity contribution < 1.29 is 4.42 Å². The summed E-state index contributed by atoms with van der Waals surface area (Å²) in [4.78, 5) is 15.6. The van der Waals surface area contributed by atoms with E-state index in [4.69, 9.17) is 19.4 Å². The van der Waals surface area contributed by atoms with Crippen LogP contribution in [0.3, 0.4) is 0 Å². The summed E-state index contributed by atoms with van der Waals surface area (Å²) in [5.74, 6) is 1.90. The normalized spacial score (nSPS) is 13.2. The van der Waals surface area contributed by atoms with Crippen LogP contribution in [0, 0.1) is 0 Å². The molecule has 236 valence electrons. The number of benzene rings is 7. The molecule has 0 fully saturated rings. The average molecular weight is 642 g/mol. The Morgan fingerprint density at radius 3 is 1.94 bits per heavy atom. The van der Waals surface area contributed by atoms with Crippen LogP contribution in [-0.4, -0.2) is 15.0 Å². The maximum Gasteiger partial charge on any atom is 0.164 e. The first-order chi connectivity index (χ1) is 24.5. The van der Waals surface area contributed by atoms with Crippen molar-refractivity contribution in [3.63, 3.8) is 0 Å². The fraction of sp³-hybridized carbons (Fsp3) is 0.0652. The quantitative estimate of drug-likeness (QED) is 0.192. The van der Waals surface area contributed by atoms with Gasteiger partial charge in [-0.1, -0.05) is 141 Å². The fourth-order valence-electron chi connectivity index (χ4n) is 7.94. The van der Waals surface area contributed by atoms with Gasteiger partial charge in [0.25, 0.3) is 0 Å². The summed E-state index contributed by atoms with van der Waals surface area (Å²) in [6.07, 6.45) is 0. The second kappa shape index (κ2) is 10.8. The van der Waals surface area contributed by atoms with Gasteiger partial charge in [-0.05, 0) is 68.4 Å². The van der Waals surface area contributed by atoms with Crippen molar-refractivity contribution in [3.05, 3.63) is 163 Å². The molecular weight excluding hydrogens is 611 g/mol. The Hall–Kier alpha value is -6.39. The highest BCUT2D eigenvalue weighted by molar-refractivity contribution is 6.13. The first kappa shape index (κ1) is 28.6. The Kier molecular flexibility index (Phi) is 6.19. The molecule has 0 spiro atoms. The zero-order valence-corrected chi connectivity index (χ0v) is 27.7. The number of rotatable bonds is 4. The molecule has 4 heteroatoms. The maximum absolute atomic E-state index is 6.51. The van der Waals surface area contributed by atoms with Gasteiger partial charge in [0.15, 0.2) is 17.5 Å². The number of nitrogens with zero attached hydrogens (tertiary/aromatic N) is 3. The Morgan fingerprint density at radius 2 is 1.08 bits per heavy atom. The first-order valence-corrected chi connectivity index (χ1v) is 17.0. The SMILES string of the molecule is CC1(C)c2ccccc2-c2cccc(-c3nc(-c4ccc5ccccc5c4)nc(-c4ccc5c(c4)oc4cccc(-c6ccccc6)c45)n3)c21. The molecule has 7 aromatic carbocycles. The van der Waals surface area contributed by atoms with E-state index in [0.29, 0.717) is 17.5 Å². The minimum atomic E-state index is -0.220. The summed E-state index contributed by atoms with van der Waals surface area (Å²) in [5.41, 5.74) is 11.6. The van der Waals surface area contributed by atoms with Gasteiger partial charge in [-0.3, -0.25) is 0 Å². The number of furan rings is 1. The van der Waals surface area contributed by atoms with Gasteiger partial charge in [0, 0.05) is 32.9 Å². The van der Waals surface area contributed by atoms with E-state index in [1.807, 2.05) is 12.1 Å². The van der Waals surface area contributed by atoms with Crippen LogP contribution in [0.25, 0.3) is 89.1 Å². The highest BCUT2D eigenvalue weighted by Crippen LogP contribution is 2.51. The molecule has 2 aromatic heterocycles. The predicted molar refractivity (Wildman–Crippen MR) is 204 cm³/mol. The lowest BCUT2D eigenvalue weighted by molar-refractivity contribution is 0.661. The van der Waals surface area contributed by atoms with E-state index in [0.717, 1.165) is 55.1 Å². The lowest BCUT2D eigenvalue weighted by Crippen LogP contribution is -2.17. The van der Waals surface area contributed by atoms with Crippen LogP contribution in [0.15, 0.2) is 156 Å². The van der Waals surface area contributed by atoms with Crippen LogP contribution < -0.4 is 0 Å². The van der Waals surface area contributed by atoms with Crippen molar-refractivity contribution in [1.29, 1.82) is 0 Å². The molecule has 0 saturated heterocycles. The smallest absolute Gasteiger partial charge is 0.164 e. The third kappa shape index (κ3) is 4.35. The van der Waals surface area contributed by atoms with Crippen LogP contribution in [-0.2, 0) is 5.41 Å². The summed E-state index contributed by atoms with van der Waals surface area (Å²) in [6, 6.07) is 53.0. The van der Waals surface area contributed by atoms with E-state index in [1.165, 1.54) is 27.6 Å².